The summed E-state index contributed by atoms with van der Waals surface area (Å²) in [5, 5.41) is 3.41. The first kappa shape index (κ1) is 10.7. The molecule has 15 heavy (non-hydrogen) atoms. The molecule has 0 saturated heterocycles. The summed E-state index contributed by atoms with van der Waals surface area (Å²) in [5.41, 5.74) is 0. The average molecular weight is 207 g/mol. The van der Waals surface area contributed by atoms with Crippen LogP contribution in [0.5, 0.6) is 0 Å². The van der Waals surface area contributed by atoms with Gasteiger partial charge in [0, 0.05) is 12.4 Å². The van der Waals surface area contributed by atoms with Gasteiger partial charge in [-0.3, -0.25) is 0 Å². The van der Waals surface area contributed by atoms with Gasteiger partial charge < -0.3 is 10.3 Å². The molecular weight excluding hydrogens is 186 g/mol. The third-order valence-electron chi connectivity index (χ3n) is 3.50. The summed E-state index contributed by atoms with van der Waals surface area (Å²) in [5.74, 6) is 1.85. The van der Waals surface area contributed by atoms with Crippen molar-refractivity contribution in [3.63, 3.8) is 0 Å². The lowest BCUT2D eigenvalue weighted by Crippen LogP contribution is -2.26. The molecule has 2 N–H and O–H groups in total. The fraction of sp³-hybridized carbons (Fsp3) is 0.750. The van der Waals surface area contributed by atoms with E-state index < -0.39 is 0 Å². The molecule has 1 aliphatic carbocycles. The van der Waals surface area contributed by atoms with Crippen molar-refractivity contribution in [2.75, 3.05) is 7.05 Å². The predicted molar refractivity (Wildman–Crippen MR) is 61.6 cm³/mol. The summed E-state index contributed by atoms with van der Waals surface area (Å²) in [6.45, 7) is 0. The molecule has 1 aromatic heterocycles. The van der Waals surface area contributed by atoms with Gasteiger partial charge >= 0.3 is 0 Å². The Morgan fingerprint density at radius 3 is 2.60 bits per heavy atom. The van der Waals surface area contributed by atoms with Gasteiger partial charge in [0.2, 0.25) is 0 Å². The largest absolute Gasteiger partial charge is 0.347 e. The van der Waals surface area contributed by atoms with Crippen LogP contribution < -0.4 is 5.32 Å². The lowest BCUT2D eigenvalue weighted by atomic mass is 9.91. The second kappa shape index (κ2) is 5.31. The molecule has 0 aliphatic heterocycles. The molecule has 0 radical (unpaired) electrons. The number of imidazole rings is 1. The van der Waals surface area contributed by atoms with Crippen molar-refractivity contribution in [1.29, 1.82) is 0 Å². The molecule has 84 valence electrons. The van der Waals surface area contributed by atoms with Gasteiger partial charge in [0.15, 0.2) is 0 Å². The van der Waals surface area contributed by atoms with Gasteiger partial charge in [-0.2, -0.15) is 0 Å². The Morgan fingerprint density at radius 2 is 2.07 bits per heavy atom. The van der Waals surface area contributed by atoms with E-state index in [1.165, 1.54) is 38.5 Å². The SMILES string of the molecule is CNC(c1ncc[nH]1)C1CCCCCC1. The lowest BCUT2D eigenvalue weighted by molar-refractivity contribution is 0.331. The second-order valence-corrected chi connectivity index (χ2v) is 4.49. The summed E-state index contributed by atoms with van der Waals surface area (Å²) >= 11 is 0. The molecule has 1 aromatic rings. The number of aromatic amines is 1. The van der Waals surface area contributed by atoms with E-state index in [4.69, 9.17) is 0 Å². The summed E-state index contributed by atoms with van der Waals surface area (Å²) in [6.07, 6.45) is 12.0. The van der Waals surface area contributed by atoms with E-state index in [9.17, 15) is 0 Å². The Balaban J connectivity index is 2.04. The van der Waals surface area contributed by atoms with Crippen molar-refractivity contribution in [3.05, 3.63) is 18.2 Å². The minimum absolute atomic E-state index is 0.415. The molecule has 3 heteroatoms. The van der Waals surface area contributed by atoms with Crippen LogP contribution in [0.1, 0.15) is 50.4 Å². The fourth-order valence-electron chi connectivity index (χ4n) is 2.69. The normalized spacial score (nSPS) is 21.1. The Morgan fingerprint density at radius 1 is 1.33 bits per heavy atom. The Hall–Kier alpha value is -0.830. The van der Waals surface area contributed by atoms with Crippen LogP contribution in [0.4, 0.5) is 0 Å². The fourth-order valence-corrected chi connectivity index (χ4v) is 2.69. The minimum atomic E-state index is 0.415. The maximum atomic E-state index is 4.38. The smallest absolute Gasteiger partial charge is 0.123 e. The summed E-state index contributed by atoms with van der Waals surface area (Å²) < 4.78 is 0. The van der Waals surface area contributed by atoms with Crippen molar-refractivity contribution in [3.8, 4) is 0 Å². The first-order chi connectivity index (χ1) is 7.42. The third-order valence-corrected chi connectivity index (χ3v) is 3.50. The van der Waals surface area contributed by atoms with Gasteiger partial charge in [-0.15, -0.1) is 0 Å². The van der Waals surface area contributed by atoms with Crippen LogP contribution in [0.15, 0.2) is 12.4 Å². The molecule has 2 rings (SSSR count). The van der Waals surface area contributed by atoms with E-state index >= 15 is 0 Å². The van der Waals surface area contributed by atoms with Crippen LogP contribution in [0.3, 0.4) is 0 Å². The molecule has 0 spiro atoms. The second-order valence-electron chi connectivity index (χ2n) is 4.49. The molecule has 1 heterocycles. The third kappa shape index (κ3) is 2.59. The average Bonchev–Trinajstić information content (AvgIpc) is 2.63. The van der Waals surface area contributed by atoms with Crippen LogP contribution in [0.2, 0.25) is 0 Å². The van der Waals surface area contributed by atoms with Crippen LogP contribution >= 0.6 is 0 Å². The quantitative estimate of drug-likeness (QED) is 0.748. The molecule has 0 bridgehead atoms. The minimum Gasteiger partial charge on any atom is -0.347 e. The molecule has 1 unspecified atom stereocenters. The summed E-state index contributed by atoms with van der Waals surface area (Å²) in [4.78, 5) is 7.61. The van der Waals surface area contributed by atoms with Crippen molar-refractivity contribution < 1.29 is 0 Å². The van der Waals surface area contributed by atoms with Crippen molar-refractivity contribution in [2.24, 2.45) is 5.92 Å². The highest BCUT2D eigenvalue weighted by Crippen LogP contribution is 2.31. The highest BCUT2D eigenvalue weighted by Gasteiger charge is 2.24. The van der Waals surface area contributed by atoms with Crippen molar-refractivity contribution >= 4 is 0 Å². The topological polar surface area (TPSA) is 40.7 Å². The monoisotopic (exact) mass is 207 g/mol. The van der Waals surface area contributed by atoms with Crippen molar-refractivity contribution in [2.45, 2.75) is 44.6 Å². The van der Waals surface area contributed by atoms with E-state index in [-0.39, 0.29) is 0 Å². The first-order valence-corrected chi connectivity index (χ1v) is 6.08. The highest BCUT2D eigenvalue weighted by atomic mass is 15.0. The zero-order chi connectivity index (χ0) is 10.5. The van der Waals surface area contributed by atoms with Crippen LogP contribution in [-0.2, 0) is 0 Å². The maximum Gasteiger partial charge on any atom is 0.123 e. The highest BCUT2D eigenvalue weighted by molar-refractivity contribution is 4.98. The molecule has 0 aromatic carbocycles. The Bertz CT molecular complexity index is 260. The molecule has 1 fully saturated rings. The van der Waals surface area contributed by atoms with Crippen molar-refractivity contribution in [1.82, 2.24) is 15.3 Å². The van der Waals surface area contributed by atoms with Gasteiger partial charge in [-0.25, -0.2) is 4.98 Å². The number of aromatic nitrogens is 2. The molecule has 0 amide bonds. The molecule has 1 atom stereocenters. The number of rotatable bonds is 3. The number of nitrogens with zero attached hydrogens (tertiary/aromatic N) is 1. The maximum absolute atomic E-state index is 4.38. The van der Waals surface area contributed by atoms with E-state index in [0.717, 1.165) is 11.7 Å². The van der Waals surface area contributed by atoms with Gasteiger partial charge in [0.25, 0.3) is 0 Å². The van der Waals surface area contributed by atoms with Gasteiger partial charge in [-0.05, 0) is 25.8 Å². The van der Waals surface area contributed by atoms with E-state index in [2.05, 4.69) is 15.3 Å². The number of hydrogen-bond acceptors (Lipinski definition) is 2. The van der Waals surface area contributed by atoms with E-state index in [1.54, 1.807) is 0 Å². The number of hydrogen-bond donors (Lipinski definition) is 2. The Labute approximate surface area is 91.7 Å². The zero-order valence-corrected chi connectivity index (χ0v) is 9.50. The zero-order valence-electron chi connectivity index (χ0n) is 9.50. The first-order valence-electron chi connectivity index (χ1n) is 6.08. The molecular formula is C12H21N3. The van der Waals surface area contributed by atoms with E-state index in [1.807, 2.05) is 19.4 Å². The van der Waals surface area contributed by atoms with Gasteiger partial charge in [0.1, 0.15) is 5.82 Å². The molecule has 1 saturated carbocycles. The molecule has 3 nitrogen and oxygen atoms in total. The standard InChI is InChI=1S/C12H21N3/c1-13-11(12-14-8-9-15-12)10-6-4-2-3-5-7-10/h8-11,13H,2-7H2,1H3,(H,14,15). The van der Waals surface area contributed by atoms with Gasteiger partial charge in [0.05, 0.1) is 6.04 Å². The Kier molecular flexibility index (Phi) is 3.78. The molecule has 1 aliphatic rings. The van der Waals surface area contributed by atoms with Gasteiger partial charge in [-0.1, -0.05) is 25.7 Å². The summed E-state index contributed by atoms with van der Waals surface area (Å²) in [7, 11) is 2.04. The number of H-pyrrole nitrogens is 1. The lowest BCUT2D eigenvalue weighted by Gasteiger charge is -2.23. The number of nitrogens with one attached hydrogen (secondary N) is 2. The van der Waals surface area contributed by atoms with Crippen LogP contribution in [0.25, 0.3) is 0 Å². The van der Waals surface area contributed by atoms with E-state index in [0.29, 0.717) is 6.04 Å². The predicted octanol–water partition coefficient (Wildman–Crippen LogP) is 2.64. The van der Waals surface area contributed by atoms with Crippen LogP contribution in [-0.4, -0.2) is 17.0 Å². The van der Waals surface area contributed by atoms with Crippen LogP contribution in [0, 0.1) is 5.92 Å². The summed E-state index contributed by atoms with van der Waals surface area (Å²) in [6, 6.07) is 0.415.